The summed E-state index contributed by atoms with van der Waals surface area (Å²) >= 11 is 3.39. The van der Waals surface area contributed by atoms with Gasteiger partial charge in [-0.1, -0.05) is 38.4 Å². The second kappa shape index (κ2) is 8.35. The maximum Gasteiger partial charge on any atom is 0.283 e. The molecule has 0 saturated carbocycles. The number of benzene rings is 2. The van der Waals surface area contributed by atoms with Crippen molar-refractivity contribution in [2.75, 3.05) is 7.11 Å². The Kier molecular flexibility index (Phi) is 5.23. The van der Waals surface area contributed by atoms with Crippen molar-refractivity contribution in [1.29, 1.82) is 0 Å². The fourth-order valence-electron chi connectivity index (χ4n) is 3.23. The number of rotatable bonds is 6. The summed E-state index contributed by atoms with van der Waals surface area (Å²) in [5.41, 5.74) is 1.99. The van der Waals surface area contributed by atoms with Gasteiger partial charge in [-0.25, -0.2) is 9.67 Å². The maximum atomic E-state index is 12.9. The third-order valence-electron chi connectivity index (χ3n) is 4.83. The molecule has 0 fully saturated rings. The van der Waals surface area contributed by atoms with Crippen LogP contribution in [0.1, 0.15) is 11.5 Å². The molecular weight excluding hydrogens is 478 g/mol. The highest BCUT2D eigenvalue weighted by atomic mass is 79.9. The summed E-state index contributed by atoms with van der Waals surface area (Å²) in [6, 6.07) is 15.1. The Hall–Kier alpha value is -3.86. The monoisotopic (exact) mass is 493 g/mol. The number of halogens is 1. The fourth-order valence-corrected chi connectivity index (χ4v) is 3.50. The molecule has 3 aromatic heterocycles. The topological polar surface area (TPSA) is 114 Å². The Morgan fingerprint density at radius 3 is 2.78 bits per heavy atom. The molecule has 3 heterocycles. The van der Waals surface area contributed by atoms with Gasteiger partial charge in [0.2, 0.25) is 11.7 Å². The zero-order valence-corrected chi connectivity index (χ0v) is 18.4. The second-order valence-corrected chi connectivity index (χ2v) is 7.88. The minimum absolute atomic E-state index is 0.0774. The van der Waals surface area contributed by atoms with Crippen LogP contribution in [0.3, 0.4) is 0 Å². The van der Waals surface area contributed by atoms with E-state index in [4.69, 9.17) is 9.26 Å². The van der Waals surface area contributed by atoms with Crippen LogP contribution in [0.5, 0.6) is 5.75 Å². The fraction of sp³-hybridized carbons (Fsp3) is 0.143. The van der Waals surface area contributed by atoms with Crippen molar-refractivity contribution in [2.45, 2.75) is 13.1 Å². The minimum atomic E-state index is -0.338. The van der Waals surface area contributed by atoms with Gasteiger partial charge in [-0.3, -0.25) is 9.36 Å². The van der Waals surface area contributed by atoms with Gasteiger partial charge in [0.1, 0.15) is 18.6 Å². The number of aromatic nitrogens is 7. The molecule has 0 spiro atoms. The minimum Gasteiger partial charge on any atom is -0.497 e. The van der Waals surface area contributed by atoms with Crippen molar-refractivity contribution in [3.63, 3.8) is 0 Å². The van der Waals surface area contributed by atoms with Gasteiger partial charge in [-0.15, -0.1) is 5.10 Å². The zero-order valence-electron chi connectivity index (χ0n) is 16.8. The second-order valence-electron chi connectivity index (χ2n) is 6.97. The normalized spacial score (nSPS) is 11.2. The number of methoxy groups -OCH3 is 1. The van der Waals surface area contributed by atoms with Gasteiger partial charge in [0, 0.05) is 10.0 Å². The summed E-state index contributed by atoms with van der Waals surface area (Å²) in [7, 11) is 1.61. The number of hydrogen-bond donors (Lipinski definition) is 0. The van der Waals surface area contributed by atoms with Gasteiger partial charge >= 0.3 is 0 Å². The molecule has 160 valence electrons. The van der Waals surface area contributed by atoms with Crippen molar-refractivity contribution in [3.8, 4) is 17.1 Å². The summed E-state index contributed by atoms with van der Waals surface area (Å²) in [5.74, 6) is 1.47. The average Bonchev–Trinajstić information content (AvgIpc) is 3.44. The Bertz CT molecular complexity index is 1460. The summed E-state index contributed by atoms with van der Waals surface area (Å²) < 4.78 is 14.5. The molecule has 0 N–H and O–H groups in total. The third-order valence-corrected chi connectivity index (χ3v) is 5.36. The number of hydrogen-bond acceptors (Lipinski definition) is 8. The molecule has 0 bridgehead atoms. The average molecular weight is 494 g/mol. The highest BCUT2D eigenvalue weighted by molar-refractivity contribution is 9.10. The van der Waals surface area contributed by atoms with Gasteiger partial charge in [0.15, 0.2) is 11.2 Å². The van der Waals surface area contributed by atoms with E-state index in [1.165, 1.54) is 10.9 Å². The quantitative estimate of drug-likeness (QED) is 0.354. The molecule has 10 nitrogen and oxygen atoms in total. The van der Waals surface area contributed by atoms with E-state index in [1.54, 1.807) is 11.8 Å². The van der Waals surface area contributed by atoms with Crippen LogP contribution in [0.4, 0.5) is 0 Å². The Balaban J connectivity index is 1.40. The molecular formula is C21H16BrN7O3. The van der Waals surface area contributed by atoms with Crippen molar-refractivity contribution in [3.05, 3.63) is 81.1 Å². The first kappa shape index (κ1) is 20.1. The van der Waals surface area contributed by atoms with Crippen LogP contribution in [0.15, 0.2) is 68.6 Å². The highest BCUT2D eigenvalue weighted by Gasteiger charge is 2.15. The molecule has 0 aliphatic heterocycles. The molecule has 2 aromatic carbocycles. The first-order valence-electron chi connectivity index (χ1n) is 9.61. The van der Waals surface area contributed by atoms with E-state index in [9.17, 15) is 4.79 Å². The van der Waals surface area contributed by atoms with E-state index in [0.717, 1.165) is 21.3 Å². The van der Waals surface area contributed by atoms with E-state index in [1.807, 2.05) is 48.5 Å². The van der Waals surface area contributed by atoms with Crippen molar-refractivity contribution < 1.29 is 9.26 Å². The lowest BCUT2D eigenvalue weighted by Gasteiger charge is -2.05. The first-order chi connectivity index (χ1) is 15.6. The zero-order chi connectivity index (χ0) is 22.1. The number of ether oxygens (including phenoxy) is 1. The maximum absolute atomic E-state index is 12.9. The molecule has 32 heavy (non-hydrogen) atoms. The molecule has 0 saturated heterocycles. The molecule has 5 aromatic rings. The highest BCUT2D eigenvalue weighted by Crippen LogP contribution is 2.19. The summed E-state index contributed by atoms with van der Waals surface area (Å²) in [6.45, 7) is 0.485. The summed E-state index contributed by atoms with van der Waals surface area (Å²) in [4.78, 5) is 21.7. The van der Waals surface area contributed by atoms with E-state index >= 15 is 0 Å². The van der Waals surface area contributed by atoms with Crippen molar-refractivity contribution >= 4 is 27.1 Å². The molecule has 0 atom stereocenters. The van der Waals surface area contributed by atoms with Gasteiger partial charge < -0.3 is 9.26 Å². The number of nitrogens with zero attached hydrogens (tertiary/aromatic N) is 7. The lowest BCUT2D eigenvalue weighted by atomic mass is 10.2. The number of fused-ring (bicyclic) bond motifs is 1. The van der Waals surface area contributed by atoms with Gasteiger partial charge in [0.25, 0.3) is 5.56 Å². The smallest absolute Gasteiger partial charge is 0.283 e. The van der Waals surface area contributed by atoms with E-state index < -0.39 is 0 Å². The van der Waals surface area contributed by atoms with Crippen LogP contribution < -0.4 is 10.3 Å². The van der Waals surface area contributed by atoms with Crippen LogP contribution >= 0.6 is 15.9 Å². The molecule has 0 amide bonds. The molecule has 0 aliphatic rings. The predicted octanol–water partition coefficient (Wildman–Crippen LogP) is 2.91. The Labute approximate surface area is 189 Å². The van der Waals surface area contributed by atoms with Gasteiger partial charge in [0.05, 0.1) is 13.7 Å². The third kappa shape index (κ3) is 3.89. The van der Waals surface area contributed by atoms with Gasteiger partial charge in [-0.2, -0.15) is 4.98 Å². The first-order valence-corrected chi connectivity index (χ1v) is 10.4. The van der Waals surface area contributed by atoms with Crippen LogP contribution in [-0.4, -0.2) is 41.8 Å². The SMILES string of the molecule is COc1cccc(Cn2nnc3c(=O)n(Cc4nc(-c5ccc(Br)cc5)no4)cnc32)c1. The standard InChI is InChI=1S/C21H16BrN7O3/c1-31-16-4-2-3-13(9-16)10-29-20-18(25-27-29)21(30)28(12-23-20)11-17-24-19(26-32-17)14-5-7-15(22)8-6-14/h2-9,12H,10-11H2,1H3. The largest absolute Gasteiger partial charge is 0.497 e. The summed E-state index contributed by atoms with van der Waals surface area (Å²) in [6.07, 6.45) is 1.43. The van der Waals surface area contributed by atoms with Crippen LogP contribution in [0, 0.1) is 0 Å². The van der Waals surface area contributed by atoms with E-state index in [-0.39, 0.29) is 23.5 Å². The predicted molar refractivity (Wildman–Crippen MR) is 118 cm³/mol. The molecule has 0 unspecified atom stereocenters. The lowest BCUT2D eigenvalue weighted by Crippen LogP contribution is -2.21. The molecule has 0 radical (unpaired) electrons. The van der Waals surface area contributed by atoms with Crippen molar-refractivity contribution in [2.24, 2.45) is 0 Å². The van der Waals surface area contributed by atoms with E-state index in [2.05, 4.69) is 41.4 Å². The van der Waals surface area contributed by atoms with Crippen LogP contribution in [-0.2, 0) is 13.1 Å². The van der Waals surface area contributed by atoms with Crippen LogP contribution in [0.25, 0.3) is 22.6 Å². The Morgan fingerprint density at radius 2 is 1.97 bits per heavy atom. The molecule has 11 heteroatoms. The van der Waals surface area contributed by atoms with Crippen LogP contribution in [0.2, 0.25) is 0 Å². The van der Waals surface area contributed by atoms with Crippen molar-refractivity contribution in [1.82, 2.24) is 34.7 Å². The van der Waals surface area contributed by atoms with Gasteiger partial charge in [-0.05, 0) is 42.0 Å². The summed E-state index contributed by atoms with van der Waals surface area (Å²) in [5, 5.41) is 12.1. The Morgan fingerprint density at radius 1 is 1.12 bits per heavy atom. The van der Waals surface area contributed by atoms with E-state index in [0.29, 0.717) is 18.0 Å². The molecule has 5 rings (SSSR count). The lowest BCUT2D eigenvalue weighted by molar-refractivity contribution is 0.369. The molecule has 0 aliphatic carbocycles.